The first kappa shape index (κ1) is 19.7. The monoisotopic (exact) mass is 357 g/mol. The Morgan fingerprint density at radius 3 is 2.77 bits per heavy atom. The van der Waals surface area contributed by atoms with Crippen LogP contribution in [0.5, 0.6) is 0 Å². The van der Waals surface area contributed by atoms with Crippen LogP contribution in [-0.4, -0.2) is 42.8 Å². The van der Waals surface area contributed by atoms with E-state index in [9.17, 15) is 14.4 Å². The fraction of sp³-hybridized carbons (Fsp3) is 0.450. The number of anilines is 2. The van der Waals surface area contributed by atoms with Crippen LogP contribution in [0.1, 0.15) is 38.2 Å². The van der Waals surface area contributed by atoms with Crippen molar-refractivity contribution >= 4 is 29.1 Å². The molecular formula is C20H27N3O3. The molecule has 6 nitrogen and oxygen atoms in total. The summed E-state index contributed by atoms with van der Waals surface area (Å²) in [5, 5.41) is 2.65. The minimum absolute atomic E-state index is 0.0234. The zero-order chi connectivity index (χ0) is 19.1. The number of unbranched alkanes of at least 4 members (excludes halogenated alkanes) is 2. The molecule has 1 heterocycles. The molecule has 0 atom stereocenters. The van der Waals surface area contributed by atoms with Crippen molar-refractivity contribution in [1.29, 1.82) is 0 Å². The van der Waals surface area contributed by atoms with Crippen molar-refractivity contribution in [2.24, 2.45) is 0 Å². The number of nitrogens with one attached hydrogen (secondary N) is 1. The zero-order valence-corrected chi connectivity index (χ0v) is 15.6. The molecule has 0 fully saturated rings. The number of hydrogen-bond donors (Lipinski definition) is 1. The highest BCUT2D eigenvalue weighted by atomic mass is 16.2. The molecule has 140 valence electrons. The van der Waals surface area contributed by atoms with Gasteiger partial charge in [-0.3, -0.25) is 14.4 Å². The van der Waals surface area contributed by atoms with Crippen molar-refractivity contribution in [3.05, 3.63) is 36.4 Å². The summed E-state index contributed by atoms with van der Waals surface area (Å²) < 4.78 is 0. The van der Waals surface area contributed by atoms with Crippen LogP contribution in [0, 0.1) is 0 Å². The maximum Gasteiger partial charge on any atom is 0.313 e. The largest absolute Gasteiger partial charge is 0.338 e. The number of fused-ring (bicyclic) bond motifs is 1. The molecule has 0 unspecified atom stereocenters. The van der Waals surface area contributed by atoms with Crippen LogP contribution in [0.4, 0.5) is 11.4 Å². The third-order valence-electron chi connectivity index (χ3n) is 4.53. The van der Waals surface area contributed by atoms with E-state index in [-0.39, 0.29) is 5.91 Å². The lowest BCUT2D eigenvalue weighted by Crippen LogP contribution is -2.37. The van der Waals surface area contributed by atoms with Gasteiger partial charge in [0.05, 0.1) is 0 Å². The first-order valence-corrected chi connectivity index (χ1v) is 9.02. The first-order valence-electron chi connectivity index (χ1n) is 9.02. The van der Waals surface area contributed by atoms with Gasteiger partial charge in [-0.1, -0.05) is 12.1 Å². The quantitative estimate of drug-likeness (QED) is 0.483. The maximum atomic E-state index is 12.2. The molecule has 1 aliphatic rings. The first-order chi connectivity index (χ1) is 12.4. The van der Waals surface area contributed by atoms with Gasteiger partial charge in [0.25, 0.3) is 0 Å². The Morgan fingerprint density at radius 2 is 2.08 bits per heavy atom. The van der Waals surface area contributed by atoms with Crippen molar-refractivity contribution in [2.75, 3.05) is 30.4 Å². The van der Waals surface area contributed by atoms with E-state index in [0.717, 1.165) is 43.4 Å². The predicted molar refractivity (Wildman–Crippen MR) is 103 cm³/mol. The normalized spacial score (nSPS) is 12.9. The van der Waals surface area contributed by atoms with Crippen LogP contribution in [0.2, 0.25) is 0 Å². The van der Waals surface area contributed by atoms with Gasteiger partial charge in [-0.2, -0.15) is 0 Å². The van der Waals surface area contributed by atoms with Crippen LogP contribution >= 0.6 is 0 Å². The van der Waals surface area contributed by atoms with Crippen LogP contribution in [0.3, 0.4) is 0 Å². The number of benzene rings is 1. The number of rotatable bonds is 6. The molecule has 3 amide bonds. The number of aryl methyl sites for hydroxylation is 1. The number of nitrogens with zero attached hydrogens (tertiary/aromatic N) is 2. The summed E-state index contributed by atoms with van der Waals surface area (Å²) in [4.78, 5) is 39.4. The Balaban J connectivity index is 2.00. The zero-order valence-electron chi connectivity index (χ0n) is 15.6. The summed E-state index contributed by atoms with van der Waals surface area (Å²) in [5.74, 6) is -1.25. The molecule has 1 aromatic carbocycles. The third kappa shape index (κ3) is 4.94. The minimum Gasteiger partial charge on any atom is -0.338 e. The highest BCUT2D eigenvalue weighted by molar-refractivity contribution is 6.39. The van der Waals surface area contributed by atoms with Crippen molar-refractivity contribution in [3.8, 4) is 0 Å². The molecule has 2 rings (SSSR count). The van der Waals surface area contributed by atoms with Gasteiger partial charge in [0.2, 0.25) is 5.91 Å². The summed E-state index contributed by atoms with van der Waals surface area (Å²) >= 11 is 0. The average molecular weight is 357 g/mol. The Bertz CT molecular complexity index is 700. The molecule has 1 N–H and O–H groups in total. The van der Waals surface area contributed by atoms with Gasteiger partial charge < -0.3 is 15.1 Å². The second kappa shape index (κ2) is 9.17. The fourth-order valence-corrected chi connectivity index (χ4v) is 3.08. The summed E-state index contributed by atoms with van der Waals surface area (Å²) in [6.45, 7) is 6.40. The minimum atomic E-state index is -0.665. The second-order valence-electron chi connectivity index (χ2n) is 6.58. The maximum absolute atomic E-state index is 12.2. The summed E-state index contributed by atoms with van der Waals surface area (Å²) in [6.07, 6.45) is 6.33. The second-order valence-corrected chi connectivity index (χ2v) is 6.58. The van der Waals surface area contributed by atoms with Gasteiger partial charge in [0.1, 0.15) is 0 Å². The molecule has 1 aliphatic heterocycles. The molecule has 6 heteroatoms. The fourth-order valence-electron chi connectivity index (χ4n) is 3.08. The molecule has 0 aliphatic carbocycles. The van der Waals surface area contributed by atoms with Crippen LogP contribution in [0.15, 0.2) is 30.9 Å². The molecule has 0 saturated heterocycles. The van der Waals surface area contributed by atoms with Gasteiger partial charge in [-0.05, 0) is 49.8 Å². The molecule has 0 saturated carbocycles. The SMILES string of the molecule is C=CCCCCN(C)C(=O)C(=O)Nc1ccc2c(c1)N(C(C)=O)CCC2. The average Bonchev–Trinajstić information content (AvgIpc) is 2.63. The molecule has 0 radical (unpaired) electrons. The third-order valence-corrected chi connectivity index (χ3v) is 4.53. The van der Waals surface area contributed by atoms with Gasteiger partial charge in [-0.25, -0.2) is 0 Å². The van der Waals surface area contributed by atoms with Crippen molar-refractivity contribution in [1.82, 2.24) is 4.90 Å². The lowest BCUT2D eigenvalue weighted by molar-refractivity contribution is -0.142. The van der Waals surface area contributed by atoms with Gasteiger partial charge in [0.15, 0.2) is 0 Å². The summed E-state index contributed by atoms with van der Waals surface area (Å²) in [5.41, 5.74) is 2.41. The summed E-state index contributed by atoms with van der Waals surface area (Å²) in [7, 11) is 1.63. The standard InChI is InChI=1S/C20H27N3O3/c1-4-5-6-7-12-22(3)20(26)19(25)21-17-11-10-16-9-8-13-23(15(2)24)18(16)14-17/h4,10-11,14H,1,5-9,12-13H2,2-3H3,(H,21,25). The van der Waals surface area contributed by atoms with E-state index in [0.29, 0.717) is 18.8 Å². The van der Waals surface area contributed by atoms with E-state index in [1.165, 1.54) is 11.8 Å². The van der Waals surface area contributed by atoms with E-state index in [4.69, 9.17) is 0 Å². The van der Waals surface area contributed by atoms with E-state index in [2.05, 4.69) is 11.9 Å². The number of allylic oxidation sites excluding steroid dienone is 1. The molecular weight excluding hydrogens is 330 g/mol. The Morgan fingerprint density at radius 1 is 1.31 bits per heavy atom. The molecule has 0 spiro atoms. The van der Waals surface area contributed by atoms with Crippen LogP contribution in [0.25, 0.3) is 0 Å². The highest BCUT2D eigenvalue weighted by Crippen LogP contribution is 2.30. The molecule has 0 aromatic heterocycles. The van der Waals surface area contributed by atoms with Crippen molar-refractivity contribution in [3.63, 3.8) is 0 Å². The lowest BCUT2D eigenvalue weighted by atomic mass is 10.0. The van der Waals surface area contributed by atoms with Crippen molar-refractivity contribution < 1.29 is 14.4 Å². The molecule has 26 heavy (non-hydrogen) atoms. The predicted octanol–water partition coefficient (Wildman–Crippen LogP) is 2.74. The number of likely N-dealkylation sites (N-methyl/N-ethyl adjacent to an activating group) is 1. The lowest BCUT2D eigenvalue weighted by Gasteiger charge is -2.29. The molecule has 0 bridgehead atoms. The topological polar surface area (TPSA) is 69.7 Å². The Hall–Kier alpha value is -2.63. The number of carbonyl (C=O) groups is 3. The van der Waals surface area contributed by atoms with E-state index >= 15 is 0 Å². The van der Waals surface area contributed by atoms with Crippen LogP contribution in [-0.2, 0) is 20.8 Å². The van der Waals surface area contributed by atoms with E-state index in [1.54, 1.807) is 24.1 Å². The highest BCUT2D eigenvalue weighted by Gasteiger charge is 2.22. The van der Waals surface area contributed by atoms with Gasteiger partial charge in [0, 0.05) is 38.4 Å². The van der Waals surface area contributed by atoms with Crippen LogP contribution < -0.4 is 10.2 Å². The number of hydrogen-bond acceptors (Lipinski definition) is 3. The number of carbonyl (C=O) groups excluding carboxylic acids is 3. The van der Waals surface area contributed by atoms with E-state index < -0.39 is 11.8 Å². The van der Waals surface area contributed by atoms with Gasteiger partial charge in [-0.15, -0.1) is 6.58 Å². The smallest absolute Gasteiger partial charge is 0.313 e. The van der Waals surface area contributed by atoms with Gasteiger partial charge >= 0.3 is 11.8 Å². The van der Waals surface area contributed by atoms with Crippen molar-refractivity contribution in [2.45, 2.75) is 39.0 Å². The van der Waals surface area contributed by atoms with E-state index in [1.807, 2.05) is 12.1 Å². The summed E-state index contributed by atoms with van der Waals surface area (Å²) in [6, 6.07) is 5.45. The molecule has 1 aromatic rings. The number of amides is 3. The Labute approximate surface area is 154 Å². The Kier molecular flexibility index (Phi) is 6.95.